The van der Waals surface area contributed by atoms with Gasteiger partial charge < -0.3 is 20.1 Å². The number of amides is 2. The van der Waals surface area contributed by atoms with Crippen LogP contribution in [0.4, 0.5) is 4.79 Å². The Labute approximate surface area is 170 Å². The van der Waals surface area contributed by atoms with Crippen LogP contribution in [-0.4, -0.2) is 18.6 Å². The van der Waals surface area contributed by atoms with Crippen molar-refractivity contribution in [3.63, 3.8) is 0 Å². The molecule has 6 nitrogen and oxygen atoms in total. The molecule has 29 heavy (non-hydrogen) atoms. The van der Waals surface area contributed by atoms with Crippen LogP contribution in [-0.2, 0) is 16.1 Å². The van der Waals surface area contributed by atoms with Crippen molar-refractivity contribution < 1.29 is 19.1 Å². The second kappa shape index (κ2) is 9.78. The first kappa shape index (κ1) is 20.5. The molecule has 0 saturated heterocycles. The summed E-state index contributed by atoms with van der Waals surface area (Å²) >= 11 is 0. The number of carbonyl (C=O) groups excluding carboxylic acids is 2. The van der Waals surface area contributed by atoms with Crippen LogP contribution < -0.4 is 15.4 Å². The maximum absolute atomic E-state index is 12.8. The molecule has 2 aromatic carbocycles. The molecule has 1 aliphatic heterocycles. The molecular formula is C23H26N2O4. The Balaban J connectivity index is 1.75. The molecule has 0 spiro atoms. The summed E-state index contributed by atoms with van der Waals surface area (Å²) in [5.74, 6) is 0.295. The Kier molecular flexibility index (Phi) is 6.89. The van der Waals surface area contributed by atoms with Gasteiger partial charge in [0, 0.05) is 5.70 Å². The summed E-state index contributed by atoms with van der Waals surface area (Å²) in [5, 5.41) is 5.47. The smallest absolute Gasteiger partial charge is 0.338 e. The molecule has 0 saturated carbocycles. The molecule has 2 aromatic rings. The van der Waals surface area contributed by atoms with Gasteiger partial charge in [0.1, 0.15) is 12.4 Å². The summed E-state index contributed by atoms with van der Waals surface area (Å²) in [4.78, 5) is 24.8. The molecule has 152 valence electrons. The minimum absolute atomic E-state index is 0.168. The first-order valence-corrected chi connectivity index (χ1v) is 9.80. The van der Waals surface area contributed by atoms with Crippen molar-refractivity contribution >= 4 is 12.0 Å². The van der Waals surface area contributed by atoms with E-state index in [-0.39, 0.29) is 12.6 Å². The summed E-state index contributed by atoms with van der Waals surface area (Å²) < 4.78 is 11.2. The number of hydrogen-bond donors (Lipinski definition) is 2. The van der Waals surface area contributed by atoms with Crippen LogP contribution in [0, 0.1) is 0 Å². The van der Waals surface area contributed by atoms with Crippen molar-refractivity contribution in [1.29, 1.82) is 0 Å². The third-order valence-electron chi connectivity index (χ3n) is 4.68. The Morgan fingerprint density at radius 2 is 1.79 bits per heavy atom. The van der Waals surface area contributed by atoms with E-state index in [9.17, 15) is 9.59 Å². The number of benzene rings is 2. The van der Waals surface area contributed by atoms with Crippen LogP contribution in [0.15, 0.2) is 65.9 Å². The van der Waals surface area contributed by atoms with Gasteiger partial charge in [0.25, 0.3) is 0 Å². The van der Waals surface area contributed by atoms with Gasteiger partial charge in [-0.05, 0) is 36.6 Å². The van der Waals surface area contributed by atoms with E-state index in [0.29, 0.717) is 17.9 Å². The molecule has 1 atom stereocenters. The fourth-order valence-corrected chi connectivity index (χ4v) is 3.11. The Hall–Kier alpha value is -3.28. The lowest BCUT2D eigenvalue weighted by Gasteiger charge is -2.28. The summed E-state index contributed by atoms with van der Waals surface area (Å²) in [6, 6.07) is 15.9. The van der Waals surface area contributed by atoms with E-state index >= 15 is 0 Å². The van der Waals surface area contributed by atoms with Crippen LogP contribution in [0.2, 0.25) is 0 Å². The lowest BCUT2D eigenvalue weighted by molar-refractivity contribution is -0.140. The fraction of sp³-hybridized carbons (Fsp3) is 0.304. The van der Waals surface area contributed by atoms with Gasteiger partial charge in [0.15, 0.2) is 0 Å². The minimum atomic E-state index is -0.586. The predicted molar refractivity (Wildman–Crippen MR) is 110 cm³/mol. The van der Waals surface area contributed by atoms with Crippen LogP contribution in [0.1, 0.15) is 43.9 Å². The average Bonchev–Trinajstić information content (AvgIpc) is 2.73. The van der Waals surface area contributed by atoms with Crippen molar-refractivity contribution in [3.8, 4) is 5.75 Å². The van der Waals surface area contributed by atoms with Crippen LogP contribution in [0.25, 0.3) is 0 Å². The Morgan fingerprint density at radius 3 is 2.48 bits per heavy atom. The lowest BCUT2D eigenvalue weighted by Crippen LogP contribution is -2.45. The molecule has 1 aliphatic rings. The molecule has 0 bridgehead atoms. The number of hydrogen-bond acceptors (Lipinski definition) is 4. The summed E-state index contributed by atoms with van der Waals surface area (Å²) in [5.41, 5.74) is 2.56. The monoisotopic (exact) mass is 394 g/mol. The van der Waals surface area contributed by atoms with E-state index in [1.54, 1.807) is 6.92 Å². The number of urea groups is 1. The topological polar surface area (TPSA) is 76.7 Å². The largest absolute Gasteiger partial charge is 0.494 e. The number of esters is 1. The van der Waals surface area contributed by atoms with Crippen molar-refractivity contribution in [2.45, 2.75) is 39.3 Å². The second-order valence-electron chi connectivity index (χ2n) is 6.90. The van der Waals surface area contributed by atoms with Gasteiger partial charge in [0.2, 0.25) is 0 Å². The maximum Gasteiger partial charge on any atom is 0.338 e. The van der Waals surface area contributed by atoms with Gasteiger partial charge >= 0.3 is 12.0 Å². The number of ether oxygens (including phenoxy) is 2. The number of allylic oxidation sites excluding steroid dienone is 1. The molecular weight excluding hydrogens is 368 g/mol. The SMILES string of the molecule is CCCCOc1ccc(C2NC(=O)NC(C)=C2C(=O)OCc2ccccc2)cc1. The Morgan fingerprint density at radius 1 is 1.07 bits per heavy atom. The van der Waals surface area contributed by atoms with Crippen molar-refractivity contribution in [1.82, 2.24) is 10.6 Å². The van der Waals surface area contributed by atoms with Gasteiger partial charge in [-0.1, -0.05) is 55.8 Å². The quantitative estimate of drug-likeness (QED) is 0.519. The zero-order valence-electron chi connectivity index (χ0n) is 16.7. The third-order valence-corrected chi connectivity index (χ3v) is 4.68. The van der Waals surface area contributed by atoms with Gasteiger partial charge in [-0.15, -0.1) is 0 Å². The van der Waals surface area contributed by atoms with E-state index in [2.05, 4.69) is 17.6 Å². The number of unbranched alkanes of at least 4 members (excludes halogenated alkanes) is 1. The number of carbonyl (C=O) groups is 2. The molecule has 2 amide bonds. The molecule has 1 heterocycles. The van der Waals surface area contributed by atoms with E-state index < -0.39 is 12.0 Å². The molecule has 0 aliphatic carbocycles. The molecule has 1 unspecified atom stereocenters. The van der Waals surface area contributed by atoms with Crippen molar-refractivity contribution in [2.24, 2.45) is 0 Å². The van der Waals surface area contributed by atoms with Gasteiger partial charge in [0.05, 0.1) is 18.2 Å². The molecule has 3 rings (SSSR count). The van der Waals surface area contributed by atoms with E-state index in [4.69, 9.17) is 9.47 Å². The summed E-state index contributed by atoms with van der Waals surface area (Å²) in [6.07, 6.45) is 2.06. The normalized spacial score (nSPS) is 16.1. The van der Waals surface area contributed by atoms with E-state index in [0.717, 1.165) is 29.7 Å². The van der Waals surface area contributed by atoms with Crippen molar-refractivity contribution in [2.75, 3.05) is 6.61 Å². The van der Waals surface area contributed by atoms with Crippen molar-refractivity contribution in [3.05, 3.63) is 77.0 Å². The highest BCUT2D eigenvalue weighted by atomic mass is 16.5. The fourth-order valence-electron chi connectivity index (χ4n) is 3.11. The molecule has 2 N–H and O–H groups in total. The second-order valence-corrected chi connectivity index (χ2v) is 6.90. The maximum atomic E-state index is 12.8. The van der Waals surface area contributed by atoms with E-state index in [1.807, 2.05) is 54.6 Å². The number of nitrogens with one attached hydrogen (secondary N) is 2. The van der Waals surface area contributed by atoms with E-state index in [1.165, 1.54) is 0 Å². The first-order valence-electron chi connectivity index (χ1n) is 9.80. The summed E-state index contributed by atoms with van der Waals surface area (Å²) in [6.45, 7) is 4.64. The highest BCUT2D eigenvalue weighted by Crippen LogP contribution is 2.29. The molecule has 0 fully saturated rings. The predicted octanol–water partition coefficient (Wildman–Crippen LogP) is 4.24. The first-order chi connectivity index (χ1) is 14.1. The minimum Gasteiger partial charge on any atom is -0.494 e. The molecule has 0 radical (unpaired) electrons. The standard InChI is InChI=1S/C23H26N2O4/c1-3-4-14-28-19-12-10-18(11-13-19)21-20(16(2)24-23(27)25-21)22(26)29-15-17-8-6-5-7-9-17/h5-13,21H,3-4,14-15H2,1-2H3,(H2,24,25,27). The van der Waals surface area contributed by atoms with Gasteiger partial charge in [-0.3, -0.25) is 0 Å². The zero-order chi connectivity index (χ0) is 20.6. The molecule has 0 aromatic heterocycles. The van der Waals surface area contributed by atoms with Crippen LogP contribution >= 0.6 is 0 Å². The van der Waals surface area contributed by atoms with Crippen LogP contribution in [0.3, 0.4) is 0 Å². The third kappa shape index (κ3) is 5.38. The van der Waals surface area contributed by atoms with Gasteiger partial charge in [-0.25, -0.2) is 9.59 Å². The lowest BCUT2D eigenvalue weighted by atomic mass is 9.95. The van der Waals surface area contributed by atoms with Crippen LogP contribution in [0.5, 0.6) is 5.75 Å². The number of rotatable bonds is 8. The Bertz CT molecular complexity index is 876. The zero-order valence-corrected chi connectivity index (χ0v) is 16.7. The highest BCUT2D eigenvalue weighted by Gasteiger charge is 2.32. The average molecular weight is 394 g/mol. The molecule has 6 heteroatoms. The highest BCUT2D eigenvalue weighted by molar-refractivity contribution is 5.95. The summed E-state index contributed by atoms with van der Waals surface area (Å²) in [7, 11) is 0. The van der Waals surface area contributed by atoms with Gasteiger partial charge in [-0.2, -0.15) is 0 Å².